The molecule has 4 aromatic rings. The van der Waals surface area contributed by atoms with Crippen LogP contribution in [0.2, 0.25) is 0 Å². The molecule has 0 aliphatic heterocycles. The van der Waals surface area contributed by atoms with E-state index in [0.717, 1.165) is 22.7 Å². The number of benzene rings is 2. The number of methoxy groups -OCH3 is 1. The van der Waals surface area contributed by atoms with Gasteiger partial charge in [-0.15, -0.1) is 0 Å². The van der Waals surface area contributed by atoms with Gasteiger partial charge in [-0.25, -0.2) is 4.98 Å². The quantitative estimate of drug-likeness (QED) is 0.406. The van der Waals surface area contributed by atoms with Gasteiger partial charge in [0.2, 0.25) is 0 Å². The van der Waals surface area contributed by atoms with E-state index in [0.29, 0.717) is 24.5 Å². The van der Waals surface area contributed by atoms with Crippen molar-refractivity contribution in [2.75, 3.05) is 27.7 Å². The normalized spacial score (nSPS) is 12.0. The highest BCUT2D eigenvalue weighted by molar-refractivity contribution is 5.94. The minimum atomic E-state index is -0.144. The third-order valence-electron chi connectivity index (χ3n) is 5.71. The fourth-order valence-corrected chi connectivity index (χ4v) is 3.83. The van der Waals surface area contributed by atoms with Crippen LogP contribution in [0, 0.1) is 6.92 Å². The Balaban J connectivity index is 1.38. The number of amides is 1. The summed E-state index contributed by atoms with van der Waals surface area (Å²) >= 11 is 0. The van der Waals surface area contributed by atoms with Gasteiger partial charge in [0.15, 0.2) is 0 Å². The first kappa shape index (κ1) is 23.3. The highest BCUT2D eigenvalue weighted by Gasteiger charge is 2.16. The number of aromatic nitrogens is 2. The van der Waals surface area contributed by atoms with Crippen molar-refractivity contribution < 1.29 is 14.3 Å². The molecule has 2 aromatic heterocycles. The lowest BCUT2D eigenvalue weighted by Gasteiger charge is -2.25. The van der Waals surface area contributed by atoms with Crippen LogP contribution >= 0.6 is 0 Å². The maximum atomic E-state index is 12.9. The molecule has 0 radical (unpaired) electrons. The van der Waals surface area contributed by atoms with Crippen LogP contribution in [0.15, 0.2) is 73.1 Å². The van der Waals surface area contributed by atoms with E-state index < -0.39 is 0 Å². The molecule has 0 spiro atoms. The van der Waals surface area contributed by atoms with Gasteiger partial charge in [0, 0.05) is 24.5 Å². The molecule has 2 heterocycles. The summed E-state index contributed by atoms with van der Waals surface area (Å²) in [4.78, 5) is 19.5. The Morgan fingerprint density at radius 3 is 2.59 bits per heavy atom. The predicted octanol–water partition coefficient (Wildman–Crippen LogP) is 4.26. The van der Waals surface area contributed by atoms with E-state index in [1.165, 1.54) is 5.56 Å². The van der Waals surface area contributed by atoms with E-state index in [2.05, 4.69) is 15.2 Å². The number of ether oxygens (including phenoxy) is 2. The molecule has 4 rings (SSSR count). The van der Waals surface area contributed by atoms with Crippen molar-refractivity contribution in [3.05, 3.63) is 95.4 Å². The molecular formula is C27H30N4O3. The molecule has 34 heavy (non-hydrogen) atoms. The fourth-order valence-electron chi connectivity index (χ4n) is 3.83. The molecule has 2 aromatic carbocycles. The molecule has 1 atom stereocenters. The smallest absolute Gasteiger partial charge is 0.251 e. The summed E-state index contributed by atoms with van der Waals surface area (Å²) in [5.74, 6) is 1.29. The Kier molecular flexibility index (Phi) is 7.13. The highest BCUT2D eigenvalue weighted by atomic mass is 16.5. The van der Waals surface area contributed by atoms with Crippen molar-refractivity contribution in [2.24, 2.45) is 0 Å². The SMILES string of the molecule is COc1ccc(C(CNC(=O)c2cccc(OCc3cn4cc(C)ccc4n3)c2)N(C)C)cc1. The second-order valence-electron chi connectivity index (χ2n) is 8.48. The number of aryl methyl sites for hydroxylation is 1. The number of rotatable bonds is 9. The molecule has 0 saturated heterocycles. The van der Waals surface area contributed by atoms with Crippen LogP contribution < -0.4 is 14.8 Å². The van der Waals surface area contributed by atoms with Gasteiger partial charge in [-0.1, -0.05) is 24.3 Å². The lowest BCUT2D eigenvalue weighted by Crippen LogP contribution is -2.34. The number of nitrogens with one attached hydrogen (secondary N) is 1. The standard InChI is InChI=1S/C27H30N4O3/c1-19-8-13-26-29-22(17-31(26)16-19)18-34-24-7-5-6-21(14-24)27(32)28-15-25(30(2)3)20-9-11-23(33-4)12-10-20/h5-14,16-17,25H,15,18H2,1-4H3,(H,28,32). The molecule has 7 nitrogen and oxygen atoms in total. The van der Waals surface area contributed by atoms with Crippen LogP contribution in [0.1, 0.15) is 33.2 Å². The Morgan fingerprint density at radius 2 is 1.85 bits per heavy atom. The molecule has 1 unspecified atom stereocenters. The number of carbonyl (C=O) groups excluding carboxylic acids is 1. The minimum Gasteiger partial charge on any atom is -0.497 e. The van der Waals surface area contributed by atoms with Gasteiger partial charge in [-0.05, 0) is 68.5 Å². The summed E-state index contributed by atoms with van der Waals surface area (Å²) in [7, 11) is 5.64. The largest absolute Gasteiger partial charge is 0.497 e. The van der Waals surface area contributed by atoms with Crippen molar-refractivity contribution in [1.29, 1.82) is 0 Å². The van der Waals surface area contributed by atoms with E-state index in [4.69, 9.17) is 9.47 Å². The number of pyridine rings is 1. The topological polar surface area (TPSA) is 68.1 Å². The first-order valence-corrected chi connectivity index (χ1v) is 11.2. The average Bonchev–Trinajstić information content (AvgIpc) is 3.25. The summed E-state index contributed by atoms with van der Waals surface area (Å²) < 4.78 is 13.2. The predicted molar refractivity (Wildman–Crippen MR) is 132 cm³/mol. The molecule has 0 bridgehead atoms. The van der Waals surface area contributed by atoms with E-state index in [9.17, 15) is 4.79 Å². The molecule has 0 aliphatic rings. The lowest BCUT2D eigenvalue weighted by molar-refractivity contribution is 0.0941. The Labute approximate surface area is 200 Å². The second kappa shape index (κ2) is 10.4. The summed E-state index contributed by atoms with van der Waals surface area (Å²) in [5, 5.41) is 3.05. The average molecular weight is 459 g/mol. The fraction of sp³-hybridized carbons (Fsp3) is 0.259. The van der Waals surface area contributed by atoms with Crippen LogP contribution in [0.5, 0.6) is 11.5 Å². The Morgan fingerprint density at radius 1 is 1.06 bits per heavy atom. The number of fused-ring (bicyclic) bond motifs is 1. The van der Waals surface area contributed by atoms with Crippen LogP contribution in [-0.4, -0.2) is 47.9 Å². The maximum absolute atomic E-state index is 12.9. The Hall–Kier alpha value is -3.84. The number of hydrogen-bond donors (Lipinski definition) is 1. The van der Waals surface area contributed by atoms with Gasteiger partial charge < -0.3 is 24.1 Å². The van der Waals surface area contributed by atoms with Gasteiger partial charge in [0.05, 0.1) is 18.8 Å². The number of likely N-dealkylation sites (N-methyl/N-ethyl adjacent to an activating group) is 1. The summed E-state index contributed by atoms with van der Waals surface area (Å²) in [6.45, 7) is 2.85. The van der Waals surface area contributed by atoms with E-state index in [1.807, 2.05) is 86.3 Å². The number of hydrogen-bond acceptors (Lipinski definition) is 5. The second-order valence-corrected chi connectivity index (χ2v) is 8.48. The van der Waals surface area contributed by atoms with E-state index in [-0.39, 0.29) is 11.9 Å². The molecule has 0 fully saturated rings. The zero-order valence-electron chi connectivity index (χ0n) is 20.0. The van der Waals surface area contributed by atoms with Crippen molar-refractivity contribution in [1.82, 2.24) is 19.6 Å². The van der Waals surface area contributed by atoms with Gasteiger partial charge in [0.25, 0.3) is 5.91 Å². The van der Waals surface area contributed by atoms with E-state index in [1.54, 1.807) is 19.2 Å². The zero-order valence-corrected chi connectivity index (χ0v) is 20.0. The molecule has 176 valence electrons. The van der Waals surface area contributed by atoms with Gasteiger partial charge in [-0.3, -0.25) is 4.79 Å². The first-order chi connectivity index (χ1) is 16.4. The first-order valence-electron chi connectivity index (χ1n) is 11.2. The van der Waals surface area contributed by atoms with Gasteiger partial charge >= 0.3 is 0 Å². The Bertz CT molecular complexity index is 1260. The van der Waals surface area contributed by atoms with Crippen molar-refractivity contribution in [2.45, 2.75) is 19.6 Å². The molecule has 0 aliphatic carbocycles. The molecule has 1 N–H and O–H groups in total. The van der Waals surface area contributed by atoms with Gasteiger partial charge in [-0.2, -0.15) is 0 Å². The monoisotopic (exact) mass is 458 g/mol. The molecule has 0 saturated carbocycles. The number of nitrogens with zero attached hydrogens (tertiary/aromatic N) is 3. The third-order valence-corrected chi connectivity index (χ3v) is 5.71. The molecular weight excluding hydrogens is 428 g/mol. The molecule has 7 heteroatoms. The van der Waals surface area contributed by atoms with E-state index >= 15 is 0 Å². The number of carbonyl (C=O) groups is 1. The molecule has 1 amide bonds. The van der Waals surface area contributed by atoms with Crippen molar-refractivity contribution in [3.63, 3.8) is 0 Å². The van der Waals surface area contributed by atoms with Gasteiger partial charge in [0.1, 0.15) is 23.8 Å². The number of imidazole rings is 1. The lowest BCUT2D eigenvalue weighted by atomic mass is 10.1. The summed E-state index contributed by atoms with van der Waals surface area (Å²) in [6, 6.07) is 19.2. The van der Waals surface area contributed by atoms with Crippen LogP contribution in [0.4, 0.5) is 0 Å². The third kappa shape index (κ3) is 5.55. The van der Waals surface area contributed by atoms with Crippen LogP contribution in [0.3, 0.4) is 0 Å². The highest BCUT2D eigenvalue weighted by Crippen LogP contribution is 2.21. The zero-order chi connectivity index (χ0) is 24.1. The summed E-state index contributed by atoms with van der Waals surface area (Å²) in [6.07, 6.45) is 3.99. The van der Waals surface area contributed by atoms with Crippen molar-refractivity contribution in [3.8, 4) is 11.5 Å². The van der Waals surface area contributed by atoms with Crippen molar-refractivity contribution >= 4 is 11.6 Å². The van der Waals surface area contributed by atoms with Crippen LogP contribution in [-0.2, 0) is 6.61 Å². The maximum Gasteiger partial charge on any atom is 0.251 e. The van der Waals surface area contributed by atoms with Crippen LogP contribution in [0.25, 0.3) is 5.65 Å². The minimum absolute atomic E-state index is 0.0352. The summed E-state index contributed by atoms with van der Waals surface area (Å²) in [5.41, 5.74) is 4.53.